The average Bonchev–Trinajstić information content (AvgIpc) is 2.55. The first kappa shape index (κ1) is 19.7. The number of benzene rings is 1. The number of nitrogens with one attached hydrogen (secondary N) is 1. The van der Waals surface area contributed by atoms with Crippen LogP contribution >= 0.6 is 0 Å². The van der Waals surface area contributed by atoms with Gasteiger partial charge < -0.3 is 15.5 Å². The van der Waals surface area contributed by atoms with Crippen LogP contribution in [0.15, 0.2) is 30.3 Å². The minimum absolute atomic E-state index is 0.201. The van der Waals surface area contributed by atoms with Crippen molar-refractivity contribution in [1.82, 2.24) is 5.32 Å². The number of aliphatic hydroxyl groups is 2. The molecule has 4 nitrogen and oxygen atoms in total. The second-order valence-corrected chi connectivity index (χ2v) is 6.27. The number of rotatable bonds is 12. The molecule has 0 radical (unpaired) electrons. The van der Waals surface area contributed by atoms with Crippen molar-refractivity contribution in [2.75, 3.05) is 6.61 Å². The predicted octanol–water partition coefficient (Wildman–Crippen LogP) is 3.17. The highest BCUT2D eigenvalue weighted by Gasteiger charge is 2.28. The quantitative estimate of drug-likeness (QED) is 0.409. The molecule has 0 saturated heterocycles. The Morgan fingerprint density at radius 3 is 2.26 bits per heavy atom. The van der Waals surface area contributed by atoms with E-state index in [2.05, 4.69) is 12.2 Å². The van der Waals surface area contributed by atoms with E-state index in [1.807, 2.05) is 30.3 Å². The van der Waals surface area contributed by atoms with Gasteiger partial charge >= 0.3 is 0 Å². The van der Waals surface area contributed by atoms with Crippen LogP contribution < -0.4 is 5.32 Å². The maximum absolute atomic E-state index is 12.0. The number of hydrogen-bond acceptors (Lipinski definition) is 3. The minimum atomic E-state index is -1.58. The summed E-state index contributed by atoms with van der Waals surface area (Å²) in [5.74, 6) is -0.203. The highest BCUT2D eigenvalue weighted by atomic mass is 16.3. The van der Waals surface area contributed by atoms with Gasteiger partial charge in [-0.1, -0.05) is 75.8 Å². The molecule has 0 saturated carbocycles. The van der Waals surface area contributed by atoms with Gasteiger partial charge in [-0.15, -0.1) is 0 Å². The standard InChI is InChI=1S/C19H31NO3/c1-2-3-4-5-6-7-11-14-18(22)20-19(23,16-21)15-17-12-9-8-10-13-17/h8-10,12-13,21,23H,2-7,11,14-16H2,1H3,(H,20,22). The number of aliphatic hydroxyl groups excluding tert-OH is 1. The molecule has 0 heterocycles. The fraction of sp³-hybridized carbons (Fsp3) is 0.632. The van der Waals surface area contributed by atoms with Crippen molar-refractivity contribution in [3.63, 3.8) is 0 Å². The van der Waals surface area contributed by atoms with Gasteiger partial charge in [0.1, 0.15) is 0 Å². The molecule has 0 fully saturated rings. The summed E-state index contributed by atoms with van der Waals surface area (Å²) in [7, 11) is 0. The molecule has 23 heavy (non-hydrogen) atoms. The van der Waals surface area contributed by atoms with E-state index in [4.69, 9.17) is 0 Å². The molecular formula is C19H31NO3. The van der Waals surface area contributed by atoms with Crippen molar-refractivity contribution in [2.45, 2.75) is 70.4 Å². The SMILES string of the molecule is CCCCCCCCCC(=O)NC(O)(CO)Cc1ccccc1. The average molecular weight is 321 g/mol. The molecule has 1 rings (SSSR count). The third kappa shape index (κ3) is 8.72. The van der Waals surface area contributed by atoms with Crippen LogP contribution in [-0.4, -0.2) is 28.5 Å². The summed E-state index contributed by atoms with van der Waals surface area (Å²) in [6.07, 6.45) is 8.62. The number of hydrogen-bond donors (Lipinski definition) is 3. The van der Waals surface area contributed by atoms with Gasteiger partial charge in [-0.25, -0.2) is 0 Å². The van der Waals surface area contributed by atoms with Gasteiger partial charge in [0.25, 0.3) is 0 Å². The second-order valence-electron chi connectivity index (χ2n) is 6.27. The third-order valence-corrected chi connectivity index (χ3v) is 3.98. The molecule has 3 N–H and O–H groups in total. The summed E-state index contributed by atoms with van der Waals surface area (Å²) in [6.45, 7) is 1.70. The lowest BCUT2D eigenvalue weighted by Gasteiger charge is -2.27. The summed E-state index contributed by atoms with van der Waals surface area (Å²) < 4.78 is 0. The largest absolute Gasteiger partial charge is 0.391 e. The Kier molecular flexibility index (Phi) is 9.57. The Hall–Kier alpha value is -1.39. The number of amides is 1. The fourth-order valence-electron chi connectivity index (χ4n) is 2.64. The first-order valence-corrected chi connectivity index (χ1v) is 8.78. The Morgan fingerprint density at radius 2 is 1.65 bits per heavy atom. The number of carbonyl (C=O) groups excluding carboxylic acids is 1. The van der Waals surface area contributed by atoms with Gasteiger partial charge in [0.05, 0.1) is 6.61 Å². The summed E-state index contributed by atoms with van der Waals surface area (Å²) in [6, 6.07) is 9.35. The van der Waals surface area contributed by atoms with Crippen LogP contribution in [0.3, 0.4) is 0 Å². The summed E-state index contributed by atoms with van der Waals surface area (Å²) >= 11 is 0. The number of unbranched alkanes of at least 4 members (excludes halogenated alkanes) is 6. The normalized spacial score (nSPS) is 13.5. The lowest BCUT2D eigenvalue weighted by molar-refractivity contribution is -0.132. The maximum Gasteiger partial charge on any atom is 0.222 e. The van der Waals surface area contributed by atoms with Crippen LogP contribution in [0.1, 0.15) is 63.9 Å². The zero-order chi connectivity index (χ0) is 17.0. The topological polar surface area (TPSA) is 69.6 Å². The van der Waals surface area contributed by atoms with Crippen molar-refractivity contribution in [3.05, 3.63) is 35.9 Å². The Balaban J connectivity index is 2.27. The maximum atomic E-state index is 12.0. The zero-order valence-electron chi connectivity index (χ0n) is 14.3. The minimum Gasteiger partial charge on any atom is -0.391 e. The van der Waals surface area contributed by atoms with Crippen molar-refractivity contribution < 1.29 is 15.0 Å². The molecule has 0 aliphatic heterocycles. The monoisotopic (exact) mass is 321 g/mol. The molecule has 4 heteroatoms. The summed E-state index contributed by atoms with van der Waals surface area (Å²) in [4.78, 5) is 12.0. The first-order valence-electron chi connectivity index (χ1n) is 8.78. The van der Waals surface area contributed by atoms with Crippen LogP contribution in [-0.2, 0) is 11.2 Å². The lowest BCUT2D eigenvalue weighted by Crippen LogP contribution is -2.53. The van der Waals surface area contributed by atoms with Crippen LogP contribution in [0.4, 0.5) is 0 Å². The van der Waals surface area contributed by atoms with E-state index >= 15 is 0 Å². The Morgan fingerprint density at radius 1 is 1.04 bits per heavy atom. The second kappa shape index (κ2) is 11.2. The van der Waals surface area contributed by atoms with E-state index in [1.165, 1.54) is 25.7 Å². The van der Waals surface area contributed by atoms with Gasteiger partial charge in [0.15, 0.2) is 5.72 Å². The van der Waals surface area contributed by atoms with E-state index in [0.717, 1.165) is 24.8 Å². The van der Waals surface area contributed by atoms with Crippen molar-refractivity contribution in [3.8, 4) is 0 Å². The molecule has 130 valence electrons. The molecule has 1 aromatic rings. The van der Waals surface area contributed by atoms with E-state index in [1.54, 1.807) is 0 Å². The first-order chi connectivity index (χ1) is 11.1. The zero-order valence-corrected chi connectivity index (χ0v) is 14.3. The van der Waals surface area contributed by atoms with Crippen molar-refractivity contribution >= 4 is 5.91 Å². The van der Waals surface area contributed by atoms with Crippen LogP contribution in [0, 0.1) is 0 Å². The van der Waals surface area contributed by atoms with Crippen molar-refractivity contribution in [2.24, 2.45) is 0 Å². The third-order valence-electron chi connectivity index (χ3n) is 3.98. The van der Waals surface area contributed by atoms with Gasteiger partial charge in [0, 0.05) is 12.8 Å². The molecule has 0 aliphatic rings. The molecule has 1 atom stereocenters. The highest BCUT2D eigenvalue weighted by Crippen LogP contribution is 2.12. The Labute approximate surface area is 139 Å². The van der Waals surface area contributed by atoms with E-state index in [-0.39, 0.29) is 12.3 Å². The van der Waals surface area contributed by atoms with Gasteiger partial charge in [-0.05, 0) is 12.0 Å². The molecule has 1 aromatic carbocycles. The van der Waals surface area contributed by atoms with Crippen LogP contribution in [0.5, 0.6) is 0 Å². The molecular weight excluding hydrogens is 290 g/mol. The summed E-state index contributed by atoms with van der Waals surface area (Å²) in [5, 5.41) is 22.4. The number of carbonyl (C=O) groups is 1. The molecule has 0 spiro atoms. The van der Waals surface area contributed by atoms with Crippen molar-refractivity contribution in [1.29, 1.82) is 0 Å². The molecule has 0 aromatic heterocycles. The lowest BCUT2D eigenvalue weighted by atomic mass is 10.0. The predicted molar refractivity (Wildman–Crippen MR) is 92.9 cm³/mol. The van der Waals surface area contributed by atoms with Gasteiger partial charge in [-0.2, -0.15) is 0 Å². The fourth-order valence-corrected chi connectivity index (χ4v) is 2.64. The van der Waals surface area contributed by atoms with Crippen LogP contribution in [0.25, 0.3) is 0 Å². The molecule has 0 aliphatic carbocycles. The smallest absolute Gasteiger partial charge is 0.222 e. The summed E-state index contributed by atoms with van der Waals surface area (Å²) in [5.41, 5.74) is -0.709. The van der Waals surface area contributed by atoms with Gasteiger partial charge in [0.2, 0.25) is 5.91 Å². The molecule has 1 unspecified atom stereocenters. The van der Waals surface area contributed by atoms with E-state index in [9.17, 15) is 15.0 Å². The highest BCUT2D eigenvalue weighted by molar-refractivity contribution is 5.76. The van der Waals surface area contributed by atoms with E-state index in [0.29, 0.717) is 6.42 Å². The Bertz CT molecular complexity index is 436. The van der Waals surface area contributed by atoms with Crippen LogP contribution in [0.2, 0.25) is 0 Å². The van der Waals surface area contributed by atoms with E-state index < -0.39 is 12.3 Å². The molecule has 0 bridgehead atoms. The van der Waals surface area contributed by atoms with Gasteiger partial charge in [-0.3, -0.25) is 4.79 Å². The molecule has 1 amide bonds.